The van der Waals surface area contributed by atoms with Crippen molar-refractivity contribution in [2.75, 3.05) is 11.2 Å². The SMILES string of the molecule is CC(CC[C@@H](O)[C@](C)(Br)CCl)C(Cl)CBr. The zero-order valence-electron chi connectivity index (χ0n) is 9.02. The molecule has 0 bridgehead atoms. The monoisotopic (exact) mass is 382 g/mol. The molecule has 0 amide bonds. The van der Waals surface area contributed by atoms with Gasteiger partial charge in [-0.15, -0.1) is 23.2 Å². The lowest BCUT2D eigenvalue weighted by Gasteiger charge is -2.27. The summed E-state index contributed by atoms with van der Waals surface area (Å²) in [6.07, 6.45) is 1.18. The van der Waals surface area contributed by atoms with Crippen LogP contribution in [-0.2, 0) is 0 Å². The van der Waals surface area contributed by atoms with Gasteiger partial charge in [0.1, 0.15) is 0 Å². The second-order valence-corrected chi connectivity index (χ2v) is 7.44. The van der Waals surface area contributed by atoms with E-state index >= 15 is 0 Å². The highest BCUT2D eigenvalue weighted by molar-refractivity contribution is 9.10. The van der Waals surface area contributed by atoms with Crippen LogP contribution < -0.4 is 0 Å². The van der Waals surface area contributed by atoms with Crippen LogP contribution in [0, 0.1) is 5.92 Å². The summed E-state index contributed by atoms with van der Waals surface area (Å²) >= 11 is 18.6. The van der Waals surface area contributed by atoms with E-state index in [1.807, 2.05) is 6.92 Å². The summed E-state index contributed by atoms with van der Waals surface area (Å²) in [6, 6.07) is 0. The zero-order chi connectivity index (χ0) is 12.1. The van der Waals surface area contributed by atoms with E-state index in [1.54, 1.807) is 0 Å². The maximum atomic E-state index is 9.89. The Balaban J connectivity index is 3.95. The number of hydrogen-bond donors (Lipinski definition) is 1. The summed E-state index contributed by atoms with van der Waals surface area (Å²) in [5.74, 6) is 0.782. The summed E-state index contributed by atoms with van der Waals surface area (Å²) < 4.78 is -0.398. The van der Waals surface area contributed by atoms with Gasteiger partial charge in [0.2, 0.25) is 0 Å². The highest BCUT2D eigenvalue weighted by atomic mass is 79.9. The molecule has 15 heavy (non-hydrogen) atoms. The Morgan fingerprint density at radius 3 is 2.33 bits per heavy atom. The molecule has 2 unspecified atom stereocenters. The molecule has 0 aliphatic rings. The van der Waals surface area contributed by atoms with Crippen molar-refractivity contribution in [1.29, 1.82) is 0 Å². The van der Waals surface area contributed by atoms with Crippen LogP contribution in [0.1, 0.15) is 26.7 Å². The molecule has 0 rings (SSSR count). The Morgan fingerprint density at radius 2 is 1.93 bits per heavy atom. The maximum absolute atomic E-state index is 9.89. The van der Waals surface area contributed by atoms with Crippen molar-refractivity contribution in [1.82, 2.24) is 0 Å². The van der Waals surface area contributed by atoms with E-state index in [1.165, 1.54) is 0 Å². The van der Waals surface area contributed by atoms with E-state index in [0.29, 0.717) is 18.2 Å². The molecule has 5 heteroatoms. The van der Waals surface area contributed by atoms with Gasteiger partial charge >= 0.3 is 0 Å². The van der Waals surface area contributed by atoms with Crippen LogP contribution in [0.5, 0.6) is 0 Å². The predicted octanol–water partition coefficient (Wildman–Crippen LogP) is 4.16. The van der Waals surface area contributed by atoms with Gasteiger partial charge in [-0.2, -0.15) is 0 Å². The minimum absolute atomic E-state index is 0.120. The number of hydrogen-bond acceptors (Lipinski definition) is 1. The fourth-order valence-corrected chi connectivity index (χ4v) is 2.31. The molecular formula is C10H18Br2Cl2O. The summed E-state index contributed by atoms with van der Waals surface area (Å²) in [6.45, 7) is 4.00. The minimum atomic E-state index is -0.434. The van der Waals surface area contributed by atoms with Gasteiger partial charge in [-0.1, -0.05) is 38.8 Å². The summed E-state index contributed by atoms with van der Waals surface area (Å²) in [7, 11) is 0. The number of rotatable bonds is 7. The van der Waals surface area contributed by atoms with Gasteiger partial charge in [0.15, 0.2) is 0 Å². The van der Waals surface area contributed by atoms with E-state index in [4.69, 9.17) is 23.2 Å². The quantitative estimate of drug-likeness (QED) is 0.653. The van der Waals surface area contributed by atoms with Crippen molar-refractivity contribution in [2.24, 2.45) is 5.92 Å². The van der Waals surface area contributed by atoms with Crippen LogP contribution in [0.25, 0.3) is 0 Å². The van der Waals surface area contributed by atoms with Crippen LogP contribution in [0.15, 0.2) is 0 Å². The topological polar surface area (TPSA) is 20.2 Å². The molecule has 0 spiro atoms. The Morgan fingerprint density at radius 1 is 1.40 bits per heavy atom. The molecule has 0 saturated heterocycles. The highest BCUT2D eigenvalue weighted by Crippen LogP contribution is 2.28. The van der Waals surface area contributed by atoms with Crippen LogP contribution in [0.2, 0.25) is 0 Å². The molecule has 1 nitrogen and oxygen atoms in total. The lowest BCUT2D eigenvalue weighted by atomic mass is 9.95. The molecule has 1 N–H and O–H groups in total. The van der Waals surface area contributed by atoms with E-state index in [-0.39, 0.29) is 5.38 Å². The minimum Gasteiger partial charge on any atom is -0.392 e. The third-order valence-corrected chi connectivity index (χ3v) is 5.96. The van der Waals surface area contributed by atoms with Crippen LogP contribution in [-0.4, -0.2) is 32.1 Å². The van der Waals surface area contributed by atoms with E-state index < -0.39 is 10.4 Å². The van der Waals surface area contributed by atoms with Crippen molar-refractivity contribution in [3.05, 3.63) is 0 Å². The van der Waals surface area contributed by atoms with E-state index in [0.717, 1.165) is 11.8 Å². The highest BCUT2D eigenvalue weighted by Gasteiger charge is 2.29. The lowest BCUT2D eigenvalue weighted by Crippen LogP contribution is -2.35. The first-order valence-corrected chi connectivity index (χ1v) is 7.86. The van der Waals surface area contributed by atoms with Gasteiger partial charge in [-0.3, -0.25) is 0 Å². The van der Waals surface area contributed by atoms with Crippen molar-refractivity contribution in [3.8, 4) is 0 Å². The molecule has 0 aromatic carbocycles. The Kier molecular flexibility index (Phi) is 8.53. The normalized spacial score (nSPS) is 21.8. The van der Waals surface area contributed by atoms with E-state index in [9.17, 15) is 5.11 Å². The Bertz CT molecular complexity index is 179. The molecule has 0 aromatic rings. The molecule has 0 radical (unpaired) electrons. The maximum Gasteiger partial charge on any atom is 0.0702 e. The first kappa shape index (κ1) is 16.5. The van der Waals surface area contributed by atoms with Gasteiger partial charge in [0, 0.05) is 16.6 Å². The first-order valence-electron chi connectivity index (χ1n) is 4.98. The van der Waals surface area contributed by atoms with Crippen LogP contribution in [0.4, 0.5) is 0 Å². The molecule has 92 valence electrons. The predicted molar refractivity (Wildman–Crippen MR) is 75.9 cm³/mol. The third-order valence-electron chi connectivity index (χ3n) is 2.62. The Labute approximate surface area is 119 Å². The van der Waals surface area contributed by atoms with Gasteiger partial charge < -0.3 is 5.11 Å². The molecule has 0 aliphatic carbocycles. The fourth-order valence-electron chi connectivity index (χ4n) is 1.14. The second-order valence-electron chi connectivity index (χ2n) is 4.15. The van der Waals surface area contributed by atoms with Gasteiger partial charge in [-0.05, 0) is 25.7 Å². The van der Waals surface area contributed by atoms with Gasteiger partial charge in [-0.25, -0.2) is 0 Å². The lowest BCUT2D eigenvalue weighted by molar-refractivity contribution is 0.129. The molecule has 0 heterocycles. The number of alkyl halides is 4. The average Bonchev–Trinajstić information content (AvgIpc) is 2.23. The number of halogens is 4. The summed E-state index contributed by atoms with van der Waals surface area (Å²) in [5, 5.41) is 10.8. The van der Waals surface area contributed by atoms with Gasteiger partial charge in [0.05, 0.1) is 10.4 Å². The summed E-state index contributed by atoms with van der Waals surface area (Å²) in [4.78, 5) is 0. The molecule has 0 fully saturated rings. The van der Waals surface area contributed by atoms with Crippen molar-refractivity contribution in [3.63, 3.8) is 0 Å². The van der Waals surface area contributed by atoms with E-state index in [2.05, 4.69) is 38.8 Å². The molecular weight excluding hydrogens is 367 g/mol. The van der Waals surface area contributed by atoms with Crippen molar-refractivity contribution >= 4 is 55.1 Å². The van der Waals surface area contributed by atoms with Gasteiger partial charge in [0.25, 0.3) is 0 Å². The van der Waals surface area contributed by atoms with Crippen LogP contribution in [0.3, 0.4) is 0 Å². The fraction of sp³-hybridized carbons (Fsp3) is 1.00. The zero-order valence-corrected chi connectivity index (χ0v) is 13.7. The average molecular weight is 385 g/mol. The van der Waals surface area contributed by atoms with Crippen LogP contribution >= 0.6 is 55.1 Å². The van der Waals surface area contributed by atoms with Crippen molar-refractivity contribution < 1.29 is 5.11 Å². The largest absolute Gasteiger partial charge is 0.392 e. The molecule has 0 saturated carbocycles. The first-order chi connectivity index (χ1) is 6.85. The Hall–Kier alpha value is 1.50. The smallest absolute Gasteiger partial charge is 0.0702 e. The number of aliphatic hydroxyl groups is 1. The summed E-state index contributed by atoms with van der Waals surface area (Å²) in [5.41, 5.74) is 0. The standard InChI is InChI=1S/C10H18Br2Cl2O/c1-7(8(14)5-11)3-4-9(15)10(2,12)6-13/h7-9,15H,3-6H2,1-2H3/t7?,8?,9-,10-/m1/s1. The van der Waals surface area contributed by atoms with Crippen molar-refractivity contribution in [2.45, 2.75) is 42.5 Å². The third kappa shape index (κ3) is 6.11. The molecule has 4 atom stereocenters. The number of aliphatic hydroxyl groups excluding tert-OH is 1. The second kappa shape index (κ2) is 7.75. The molecule has 0 aromatic heterocycles. The molecule has 0 aliphatic heterocycles.